The number of ether oxygens (including phenoxy) is 1. The number of nitrogens with zero attached hydrogens (tertiary/aromatic N) is 2. The van der Waals surface area contributed by atoms with Crippen LogP contribution in [-0.2, 0) is 17.0 Å². The van der Waals surface area contributed by atoms with Crippen molar-refractivity contribution in [1.29, 1.82) is 0 Å². The number of amides is 1. The number of hydrogen-bond donors (Lipinski definition) is 1. The van der Waals surface area contributed by atoms with Crippen LogP contribution < -0.4 is 10.1 Å². The molecule has 26 heavy (non-hydrogen) atoms. The summed E-state index contributed by atoms with van der Waals surface area (Å²) in [6, 6.07) is 7.31. The van der Waals surface area contributed by atoms with Gasteiger partial charge in [0.15, 0.2) is 17.1 Å². The second-order valence-corrected chi connectivity index (χ2v) is 8.28. The van der Waals surface area contributed by atoms with Crippen LogP contribution in [0.15, 0.2) is 28.7 Å². The van der Waals surface area contributed by atoms with E-state index in [9.17, 15) is 4.79 Å². The van der Waals surface area contributed by atoms with E-state index in [0.29, 0.717) is 11.3 Å². The molecule has 1 N–H and O–H groups in total. The lowest BCUT2D eigenvalue weighted by Crippen LogP contribution is -2.27. The minimum atomic E-state index is -0.284. The Labute approximate surface area is 155 Å². The molecule has 0 bridgehead atoms. The van der Waals surface area contributed by atoms with E-state index in [1.807, 2.05) is 34.6 Å². The number of furan rings is 1. The minimum Gasteiger partial charge on any atom is -0.493 e. The second-order valence-electron chi connectivity index (χ2n) is 7.29. The molecule has 2 aromatic heterocycles. The standard InChI is InChI=1S/C19H21N3O3S/c1-19(2,3)22-17(12-9-26-10-13(12)21-22)20-18(23)15-8-11-6-5-7-14(24-4)16(11)25-15/h5-8H,9-10H2,1-4H3,(H,20,23). The first-order chi connectivity index (χ1) is 12.4. The molecule has 0 unspecified atom stereocenters. The van der Waals surface area contributed by atoms with Crippen LogP contribution in [0.2, 0.25) is 0 Å². The van der Waals surface area contributed by atoms with E-state index in [2.05, 4.69) is 26.1 Å². The summed E-state index contributed by atoms with van der Waals surface area (Å²) < 4.78 is 13.0. The van der Waals surface area contributed by atoms with Gasteiger partial charge in [0.05, 0.1) is 18.3 Å². The van der Waals surface area contributed by atoms with Crippen LogP contribution in [0, 0.1) is 0 Å². The van der Waals surface area contributed by atoms with Gasteiger partial charge in [-0.05, 0) is 32.9 Å². The van der Waals surface area contributed by atoms with E-state index in [-0.39, 0.29) is 17.2 Å². The summed E-state index contributed by atoms with van der Waals surface area (Å²) in [6.45, 7) is 6.22. The molecule has 1 aliphatic rings. The lowest BCUT2D eigenvalue weighted by molar-refractivity contribution is 0.0997. The highest BCUT2D eigenvalue weighted by atomic mass is 32.2. The molecule has 1 amide bonds. The number of fused-ring (bicyclic) bond motifs is 2. The van der Waals surface area contributed by atoms with E-state index in [1.165, 1.54) is 0 Å². The van der Waals surface area contributed by atoms with Crippen LogP contribution in [-0.4, -0.2) is 22.8 Å². The molecule has 1 aromatic carbocycles. The van der Waals surface area contributed by atoms with E-state index < -0.39 is 0 Å². The topological polar surface area (TPSA) is 69.3 Å². The molecule has 0 atom stereocenters. The molecule has 0 fully saturated rings. The molecule has 0 radical (unpaired) electrons. The smallest absolute Gasteiger partial charge is 0.292 e. The van der Waals surface area contributed by atoms with Crippen molar-refractivity contribution in [3.8, 4) is 5.75 Å². The Morgan fingerprint density at radius 2 is 2.15 bits per heavy atom. The zero-order valence-corrected chi connectivity index (χ0v) is 16.1. The number of nitrogens with one attached hydrogen (secondary N) is 1. The largest absolute Gasteiger partial charge is 0.493 e. The fraction of sp³-hybridized carbons (Fsp3) is 0.368. The predicted molar refractivity (Wildman–Crippen MR) is 103 cm³/mol. The Kier molecular flexibility index (Phi) is 3.99. The van der Waals surface area contributed by atoms with Crippen molar-refractivity contribution in [3.05, 3.63) is 41.3 Å². The van der Waals surface area contributed by atoms with E-state index >= 15 is 0 Å². The van der Waals surface area contributed by atoms with Crippen LogP contribution in [0.4, 0.5) is 5.82 Å². The summed E-state index contributed by atoms with van der Waals surface area (Å²) in [5, 5.41) is 8.57. The number of benzene rings is 1. The maximum absolute atomic E-state index is 12.9. The van der Waals surface area contributed by atoms with Gasteiger partial charge >= 0.3 is 0 Å². The van der Waals surface area contributed by atoms with Crippen LogP contribution in [0.1, 0.15) is 42.6 Å². The Morgan fingerprint density at radius 3 is 2.88 bits per heavy atom. The molecule has 0 saturated heterocycles. The van der Waals surface area contributed by atoms with Gasteiger partial charge in [0.25, 0.3) is 5.91 Å². The summed E-state index contributed by atoms with van der Waals surface area (Å²) in [5.41, 5.74) is 2.50. The average molecular weight is 371 g/mol. The first kappa shape index (κ1) is 17.0. The first-order valence-electron chi connectivity index (χ1n) is 8.45. The highest BCUT2D eigenvalue weighted by molar-refractivity contribution is 7.98. The van der Waals surface area contributed by atoms with Gasteiger partial charge in [-0.25, -0.2) is 4.68 Å². The average Bonchev–Trinajstić information content (AvgIpc) is 3.28. The van der Waals surface area contributed by atoms with Crippen molar-refractivity contribution in [2.24, 2.45) is 0 Å². The van der Waals surface area contributed by atoms with Crippen molar-refractivity contribution in [3.63, 3.8) is 0 Å². The molecule has 3 aromatic rings. The third-order valence-electron chi connectivity index (χ3n) is 4.37. The van der Waals surface area contributed by atoms with E-state index in [4.69, 9.17) is 14.3 Å². The Balaban J connectivity index is 1.71. The molecule has 0 saturated carbocycles. The number of carbonyl (C=O) groups excluding carboxylic acids is 1. The van der Waals surface area contributed by atoms with Gasteiger partial charge in [-0.15, -0.1) is 0 Å². The van der Waals surface area contributed by atoms with Crippen molar-refractivity contribution in [2.45, 2.75) is 37.8 Å². The Morgan fingerprint density at radius 1 is 1.35 bits per heavy atom. The molecule has 1 aliphatic heterocycles. The maximum Gasteiger partial charge on any atom is 0.292 e. The molecule has 0 aliphatic carbocycles. The van der Waals surface area contributed by atoms with Crippen LogP contribution in [0.5, 0.6) is 5.75 Å². The van der Waals surface area contributed by atoms with Gasteiger partial charge in [0, 0.05) is 22.5 Å². The molecular weight excluding hydrogens is 350 g/mol. The van der Waals surface area contributed by atoms with E-state index in [1.54, 1.807) is 13.2 Å². The number of anilines is 1. The molecule has 136 valence electrons. The normalized spacial score (nSPS) is 13.8. The SMILES string of the molecule is COc1cccc2cc(C(=O)Nc3c4c(nn3C(C)(C)C)CSC4)oc12. The fourth-order valence-corrected chi connectivity index (χ4v) is 4.14. The zero-order valence-electron chi connectivity index (χ0n) is 15.3. The fourth-order valence-electron chi connectivity index (χ4n) is 3.10. The van der Waals surface area contributed by atoms with Gasteiger partial charge < -0.3 is 14.5 Å². The van der Waals surface area contributed by atoms with Gasteiger partial charge in [-0.1, -0.05) is 12.1 Å². The summed E-state index contributed by atoms with van der Waals surface area (Å²) in [7, 11) is 1.58. The number of thioether (sulfide) groups is 1. The summed E-state index contributed by atoms with van der Waals surface area (Å²) in [4.78, 5) is 12.9. The molecule has 7 heteroatoms. The van der Waals surface area contributed by atoms with Gasteiger partial charge in [-0.2, -0.15) is 16.9 Å². The summed E-state index contributed by atoms with van der Waals surface area (Å²) in [5.74, 6) is 3.07. The molecule has 4 rings (SSSR count). The zero-order chi connectivity index (χ0) is 18.5. The number of methoxy groups -OCH3 is 1. The minimum absolute atomic E-state index is 0.227. The number of aromatic nitrogens is 2. The monoisotopic (exact) mass is 371 g/mol. The Hall–Kier alpha value is -2.41. The highest BCUT2D eigenvalue weighted by Gasteiger charge is 2.29. The third-order valence-corrected chi connectivity index (χ3v) is 5.34. The quantitative estimate of drug-likeness (QED) is 0.739. The number of carbonyl (C=O) groups is 1. The lowest BCUT2D eigenvalue weighted by atomic mass is 10.1. The maximum atomic E-state index is 12.9. The number of hydrogen-bond acceptors (Lipinski definition) is 5. The molecule has 6 nitrogen and oxygen atoms in total. The molecular formula is C19H21N3O3S. The number of para-hydroxylation sites is 1. The van der Waals surface area contributed by atoms with Crippen molar-refractivity contribution in [2.75, 3.05) is 12.4 Å². The Bertz CT molecular complexity index is 998. The van der Waals surface area contributed by atoms with Gasteiger partial charge in [0.2, 0.25) is 0 Å². The third kappa shape index (κ3) is 2.76. The lowest BCUT2D eigenvalue weighted by Gasteiger charge is -2.23. The van der Waals surface area contributed by atoms with Gasteiger partial charge in [-0.3, -0.25) is 4.79 Å². The van der Waals surface area contributed by atoms with Crippen LogP contribution in [0.25, 0.3) is 11.0 Å². The van der Waals surface area contributed by atoms with Crippen LogP contribution >= 0.6 is 11.8 Å². The van der Waals surface area contributed by atoms with E-state index in [0.717, 1.165) is 34.0 Å². The molecule has 0 spiro atoms. The summed E-state index contributed by atoms with van der Waals surface area (Å²) in [6.07, 6.45) is 0. The van der Waals surface area contributed by atoms with Gasteiger partial charge in [0.1, 0.15) is 5.82 Å². The first-order valence-corrected chi connectivity index (χ1v) is 9.61. The summed E-state index contributed by atoms with van der Waals surface area (Å²) >= 11 is 1.81. The van der Waals surface area contributed by atoms with Crippen molar-refractivity contribution < 1.29 is 13.9 Å². The van der Waals surface area contributed by atoms with Crippen molar-refractivity contribution >= 4 is 34.5 Å². The second kappa shape index (κ2) is 6.09. The highest BCUT2D eigenvalue weighted by Crippen LogP contribution is 2.37. The van der Waals surface area contributed by atoms with Crippen molar-refractivity contribution in [1.82, 2.24) is 9.78 Å². The number of rotatable bonds is 3. The predicted octanol–water partition coefficient (Wildman–Crippen LogP) is 4.39. The van der Waals surface area contributed by atoms with Crippen LogP contribution in [0.3, 0.4) is 0 Å². The molecule has 3 heterocycles.